The van der Waals surface area contributed by atoms with Gasteiger partial charge in [0, 0.05) is 24.4 Å². The van der Waals surface area contributed by atoms with Crippen molar-refractivity contribution in [2.75, 3.05) is 23.9 Å². The highest BCUT2D eigenvalue weighted by Crippen LogP contribution is 2.39. The summed E-state index contributed by atoms with van der Waals surface area (Å²) >= 11 is 0. The van der Waals surface area contributed by atoms with Gasteiger partial charge in [0.1, 0.15) is 17.5 Å². The molecule has 0 atom stereocenters. The van der Waals surface area contributed by atoms with Crippen LogP contribution in [0.2, 0.25) is 0 Å². The van der Waals surface area contributed by atoms with Gasteiger partial charge < -0.3 is 15.5 Å². The zero-order valence-electron chi connectivity index (χ0n) is 12.6. The minimum Gasteiger partial charge on any atom is -0.466 e. The Kier molecular flexibility index (Phi) is 5.32. The second-order valence-electron chi connectivity index (χ2n) is 5.16. The maximum Gasteiger partial charge on any atom is 0.305 e. The molecular weight excluding hydrogens is 270 g/mol. The summed E-state index contributed by atoms with van der Waals surface area (Å²) in [5, 5.41) is 3.25. The van der Waals surface area contributed by atoms with Crippen LogP contribution in [-0.4, -0.2) is 29.1 Å². The van der Waals surface area contributed by atoms with E-state index in [4.69, 9.17) is 10.6 Å². The van der Waals surface area contributed by atoms with Crippen molar-refractivity contribution in [3.63, 3.8) is 0 Å². The number of nitrogens with zero attached hydrogens (tertiary/aromatic N) is 2. The van der Waals surface area contributed by atoms with Gasteiger partial charge in [0.25, 0.3) is 0 Å². The van der Waals surface area contributed by atoms with Crippen molar-refractivity contribution in [1.82, 2.24) is 9.97 Å². The van der Waals surface area contributed by atoms with Crippen molar-refractivity contribution < 1.29 is 9.53 Å². The summed E-state index contributed by atoms with van der Waals surface area (Å²) in [5.74, 6) is 8.07. The molecule has 21 heavy (non-hydrogen) atoms. The first-order valence-corrected chi connectivity index (χ1v) is 7.40. The molecule has 1 aromatic rings. The number of nitrogens with one attached hydrogen (secondary N) is 2. The van der Waals surface area contributed by atoms with E-state index < -0.39 is 0 Å². The molecule has 4 N–H and O–H groups in total. The number of hydrogen-bond acceptors (Lipinski definition) is 7. The molecule has 0 saturated heterocycles. The fraction of sp³-hybridized carbons (Fsp3) is 0.643. The molecule has 0 unspecified atom stereocenters. The normalized spacial score (nSPS) is 13.9. The van der Waals surface area contributed by atoms with Crippen LogP contribution in [0.15, 0.2) is 0 Å². The van der Waals surface area contributed by atoms with Crippen molar-refractivity contribution >= 4 is 17.6 Å². The van der Waals surface area contributed by atoms with E-state index in [0.29, 0.717) is 37.7 Å². The monoisotopic (exact) mass is 293 g/mol. The van der Waals surface area contributed by atoms with Gasteiger partial charge in [0.15, 0.2) is 0 Å². The second kappa shape index (κ2) is 7.21. The largest absolute Gasteiger partial charge is 0.466 e. The van der Waals surface area contributed by atoms with Crippen LogP contribution < -0.4 is 16.6 Å². The van der Waals surface area contributed by atoms with Gasteiger partial charge in [-0.15, -0.1) is 0 Å². The van der Waals surface area contributed by atoms with Crippen LogP contribution in [0, 0.1) is 6.92 Å². The third-order valence-corrected chi connectivity index (χ3v) is 3.40. The zero-order chi connectivity index (χ0) is 15.2. The molecule has 7 nitrogen and oxygen atoms in total. The van der Waals surface area contributed by atoms with Crippen molar-refractivity contribution in [2.24, 2.45) is 5.84 Å². The topological polar surface area (TPSA) is 102 Å². The number of carbonyl (C=O) groups is 1. The molecular formula is C14H23N5O2. The number of hydrogen-bond donors (Lipinski definition) is 3. The smallest absolute Gasteiger partial charge is 0.305 e. The summed E-state index contributed by atoms with van der Waals surface area (Å²) in [6.07, 6.45) is 3.37. The van der Waals surface area contributed by atoms with E-state index in [1.54, 1.807) is 6.92 Å². The van der Waals surface area contributed by atoms with Crippen LogP contribution >= 0.6 is 0 Å². The highest BCUT2D eigenvalue weighted by molar-refractivity contribution is 5.69. The van der Waals surface area contributed by atoms with Gasteiger partial charge in [0.05, 0.1) is 6.61 Å². The Balaban J connectivity index is 1.92. The van der Waals surface area contributed by atoms with E-state index >= 15 is 0 Å². The summed E-state index contributed by atoms with van der Waals surface area (Å²) in [4.78, 5) is 20.3. The van der Waals surface area contributed by atoms with Gasteiger partial charge in [-0.2, -0.15) is 0 Å². The third kappa shape index (κ3) is 4.29. The van der Waals surface area contributed by atoms with Crippen LogP contribution in [-0.2, 0) is 9.53 Å². The van der Waals surface area contributed by atoms with Gasteiger partial charge in [0.2, 0.25) is 0 Å². The van der Waals surface area contributed by atoms with E-state index in [-0.39, 0.29) is 5.97 Å². The fourth-order valence-corrected chi connectivity index (χ4v) is 2.04. The Labute approximate surface area is 124 Å². The fourth-order valence-electron chi connectivity index (χ4n) is 2.04. The molecule has 0 bridgehead atoms. The quantitative estimate of drug-likeness (QED) is 0.290. The summed E-state index contributed by atoms with van der Waals surface area (Å²) < 4.78 is 4.89. The number of nitrogen functional groups attached to an aromatic ring is 1. The number of hydrazine groups is 1. The molecule has 1 fully saturated rings. The molecule has 116 valence electrons. The van der Waals surface area contributed by atoms with Gasteiger partial charge in [-0.25, -0.2) is 15.8 Å². The Hall–Kier alpha value is -1.89. The van der Waals surface area contributed by atoms with E-state index in [1.807, 2.05) is 6.92 Å². The maximum absolute atomic E-state index is 11.3. The second-order valence-corrected chi connectivity index (χ2v) is 5.16. The van der Waals surface area contributed by atoms with E-state index in [1.165, 1.54) is 0 Å². The van der Waals surface area contributed by atoms with Crippen LogP contribution in [0.5, 0.6) is 0 Å². The summed E-state index contributed by atoms with van der Waals surface area (Å²) in [5.41, 5.74) is 3.51. The number of rotatable bonds is 8. The van der Waals surface area contributed by atoms with Crippen LogP contribution in [0.4, 0.5) is 11.6 Å². The molecule has 0 aliphatic heterocycles. The molecule has 2 rings (SSSR count). The number of ether oxygens (including phenoxy) is 1. The molecule has 1 aliphatic rings. The minimum absolute atomic E-state index is 0.165. The van der Waals surface area contributed by atoms with Crippen LogP contribution in [0.25, 0.3) is 0 Å². The van der Waals surface area contributed by atoms with Crippen molar-refractivity contribution in [3.8, 4) is 0 Å². The van der Waals surface area contributed by atoms with Gasteiger partial charge >= 0.3 is 5.97 Å². The molecule has 0 amide bonds. The summed E-state index contributed by atoms with van der Waals surface area (Å²) in [6.45, 7) is 4.80. The molecule has 7 heteroatoms. The highest BCUT2D eigenvalue weighted by Gasteiger charge is 2.28. The predicted octanol–water partition coefficient (Wildman–Crippen LogP) is 1.70. The lowest BCUT2D eigenvalue weighted by molar-refractivity contribution is -0.143. The first-order valence-electron chi connectivity index (χ1n) is 7.40. The molecule has 0 spiro atoms. The number of carbonyl (C=O) groups excluding carboxylic acids is 1. The first kappa shape index (κ1) is 15.5. The number of nitrogens with two attached hydrogens (primary N) is 1. The number of aromatic nitrogens is 2. The Bertz CT molecular complexity index is 502. The van der Waals surface area contributed by atoms with Crippen molar-refractivity contribution in [2.45, 2.75) is 45.4 Å². The molecule has 1 saturated carbocycles. The SMILES string of the molecule is CCOC(=O)CCCNc1nc(C2CC2)nc(NN)c1C. The zero-order valence-corrected chi connectivity index (χ0v) is 12.6. The lowest BCUT2D eigenvalue weighted by Crippen LogP contribution is -2.15. The number of esters is 1. The molecule has 1 aliphatic carbocycles. The predicted molar refractivity (Wildman–Crippen MR) is 80.9 cm³/mol. The maximum atomic E-state index is 11.3. The van der Waals surface area contributed by atoms with Gasteiger partial charge in [-0.1, -0.05) is 0 Å². The van der Waals surface area contributed by atoms with Crippen LogP contribution in [0.3, 0.4) is 0 Å². The Morgan fingerprint density at radius 2 is 2.10 bits per heavy atom. The first-order chi connectivity index (χ1) is 10.2. The Morgan fingerprint density at radius 1 is 1.38 bits per heavy atom. The number of anilines is 2. The molecule has 0 aromatic carbocycles. The standard InChI is InChI=1S/C14H23N5O2/c1-3-21-11(20)5-4-8-16-12-9(2)13(19-15)18-14(17-12)10-6-7-10/h10H,3-8,15H2,1-2H3,(H2,16,17,18,19). The lowest BCUT2D eigenvalue weighted by atomic mass is 10.2. The van der Waals surface area contributed by atoms with Crippen molar-refractivity contribution in [1.29, 1.82) is 0 Å². The lowest BCUT2D eigenvalue weighted by Gasteiger charge is -2.13. The van der Waals surface area contributed by atoms with Gasteiger partial charge in [-0.05, 0) is 33.1 Å². The average Bonchev–Trinajstić information content (AvgIpc) is 3.30. The highest BCUT2D eigenvalue weighted by atomic mass is 16.5. The van der Waals surface area contributed by atoms with Gasteiger partial charge in [-0.3, -0.25) is 4.79 Å². The average molecular weight is 293 g/mol. The third-order valence-electron chi connectivity index (χ3n) is 3.40. The summed E-state index contributed by atoms with van der Waals surface area (Å²) in [7, 11) is 0. The molecule has 1 aromatic heterocycles. The van der Waals surface area contributed by atoms with E-state index in [9.17, 15) is 4.79 Å². The minimum atomic E-state index is -0.165. The summed E-state index contributed by atoms with van der Waals surface area (Å²) in [6, 6.07) is 0. The van der Waals surface area contributed by atoms with Crippen molar-refractivity contribution in [3.05, 3.63) is 11.4 Å². The van der Waals surface area contributed by atoms with Crippen LogP contribution in [0.1, 0.15) is 49.9 Å². The molecule has 0 radical (unpaired) electrons. The van der Waals surface area contributed by atoms with E-state index in [0.717, 1.165) is 30.0 Å². The Morgan fingerprint density at radius 3 is 2.71 bits per heavy atom. The molecule has 1 heterocycles. The van der Waals surface area contributed by atoms with E-state index in [2.05, 4.69) is 20.7 Å².